The van der Waals surface area contributed by atoms with Gasteiger partial charge in [0.05, 0.1) is 106 Å². The van der Waals surface area contributed by atoms with Crippen LogP contribution in [0.3, 0.4) is 0 Å². The Morgan fingerprint density at radius 3 is 1.90 bits per heavy atom. The van der Waals surface area contributed by atoms with Crippen molar-refractivity contribution in [1.29, 1.82) is 0 Å². The SMILES string of the molecule is CC(=O)CCc1nc(N)c2c(n1)C(C)C(n1nccn1)=N2.CC(C)c1nc(-c2nccs2)c2sccc2n1.CCCCc1nc(N)c2c(n1)C(C)C(n1nccn1)=N2.COc1ccc(N2CCOCC2)c2sc(NC(=O)N3CCC(C)(C)CC3)nc12.Cc1nc(-c2nccs2)c2c(n1)C(C(=O)CCc1ccccc1)C=N2.Cn1c2c(c(=O)n(C)c1=O)CC=N2. The maximum Gasteiger partial charge on any atom is 0.332 e. The average molecular weight is 1750 g/mol. The Kier molecular flexibility index (Phi) is 27.7. The number of thiazole rings is 3. The Labute approximate surface area is 730 Å². The molecule has 0 spiro atoms. The zero-order chi connectivity index (χ0) is 87.5. The van der Waals surface area contributed by atoms with Crippen LogP contribution in [-0.4, -0.2) is 187 Å². The summed E-state index contributed by atoms with van der Waals surface area (Å²) in [7, 11) is 4.74. The number of nitrogens with zero attached hydrogens (tertiary/aromatic N) is 25. The number of urea groups is 1. The lowest BCUT2D eigenvalue weighted by Crippen LogP contribution is -2.43. The summed E-state index contributed by atoms with van der Waals surface area (Å²) in [6.07, 6.45) is 21.0. The van der Waals surface area contributed by atoms with Gasteiger partial charge >= 0.3 is 11.7 Å². The molecule has 0 radical (unpaired) electrons. The highest BCUT2D eigenvalue weighted by atomic mass is 32.1. The zero-order valence-corrected chi connectivity index (χ0v) is 74.2. The number of aromatic nitrogens is 19. The molecule has 2 aromatic carbocycles. The van der Waals surface area contributed by atoms with E-state index in [1.165, 1.54) is 43.9 Å². The number of thiophene rings is 1. The highest BCUT2D eigenvalue weighted by Crippen LogP contribution is 2.44. The second-order valence-corrected chi connectivity index (χ2v) is 34.7. The van der Waals surface area contributed by atoms with Crippen LogP contribution in [0.1, 0.15) is 169 Å². The maximum atomic E-state index is 12.7. The number of fused-ring (bicyclic) bond motifs is 6. The molecular formula is C85H96N28O7S4. The number of rotatable bonds is 16. The molecule has 11 aromatic heterocycles. The maximum absolute atomic E-state index is 12.7. The fourth-order valence-electron chi connectivity index (χ4n) is 14.3. The number of ketones is 2. The van der Waals surface area contributed by atoms with Gasteiger partial charge in [-0.15, -0.1) is 43.6 Å². The Bertz CT molecular complexity index is 6240. The third kappa shape index (κ3) is 20.0. The summed E-state index contributed by atoms with van der Waals surface area (Å²) in [6.45, 7) is 23.0. The van der Waals surface area contributed by atoms with E-state index in [4.69, 9.17) is 20.9 Å². The molecule has 6 aliphatic rings. The molecule has 0 aliphatic carbocycles. The summed E-state index contributed by atoms with van der Waals surface area (Å²) in [5.74, 6) is 6.39. The molecule has 5 N–H and O–H groups in total. The molecule has 642 valence electrons. The van der Waals surface area contributed by atoms with Gasteiger partial charge in [0.25, 0.3) is 5.56 Å². The van der Waals surface area contributed by atoms with Gasteiger partial charge in [-0.05, 0) is 87.9 Å². The van der Waals surface area contributed by atoms with Crippen LogP contribution < -0.4 is 37.7 Å². The lowest BCUT2D eigenvalue weighted by molar-refractivity contribution is -0.119. The zero-order valence-electron chi connectivity index (χ0n) is 70.9. The number of unbranched alkanes of at least 4 members (excludes halogenated alkanes) is 1. The van der Waals surface area contributed by atoms with E-state index in [9.17, 15) is 24.0 Å². The Morgan fingerprint density at radius 1 is 0.669 bits per heavy atom. The number of nitrogen functional groups attached to an aromatic ring is 2. The summed E-state index contributed by atoms with van der Waals surface area (Å²) in [6, 6.07) is 16.0. The molecule has 13 aromatic rings. The number of piperidine rings is 1. The van der Waals surface area contributed by atoms with Crippen molar-refractivity contribution in [3.63, 3.8) is 0 Å². The number of nitrogens with two attached hydrogens (primary N) is 2. The predicted octanol–water partition coefficient (Wildman–Crippen LogP) is 13.5. The fraction of sp³-hybridized carbons (Fsp3) is 0.388. The molecule has 0 bridgehead atoms. The first kappa shape index (κ1) is 87.6. The molecule has 39 heteroatoms. The van der Waals surface area contributed by atoms with Crippen molar-refractivity contribution in [1.82, 2.24) is 98.8 Å². The molecule has 2 saturated heterocycles. The number of methoxy groups -OCH3 is 1. The first-order chi connectivity index (χ1) is 59.8. The number of hydrogen-bond acceptors (Lipinski definition) is 33. The van der Waals surface area contributed by atoms with Gasteiger partial charge in [-0.2, -0.15) is 20.4 Å². The van der Waals surface area contributed by atoms with Crippen LogP contribution in [0.15, 0.2) is 131 Å². The van der Waals surface area contributed by atoms with Crippen LogP contribution in [0.25, 0.3) is 41.8 Å². The van der Waals surface area contributed by atoms with E-state index in [-0.39, 0.29) is 46.6 Å². The molecule has 17 heterocycles. The van der Waals surface area contributed by atoms with E-state index in [1.807, 2.05) is 85.1 Å². The van der Waals surface area contributed by atoms with Crippen molar-refractivity contribution in [2.45, 2.75) is 150 Å². The van der Waals surface area contributed by atoms with E-state index in [0.29, 0.717) is 111 Å². The number of hydrogen-bond donors (Lipinski definition) is 3. The fourth-order valence-corrected chi connectivity index (χ4v) is 17.5. The Hall–Kier alpha value is -12.7. The number of carbonyl (C=O) groups excluding carboxylic acids is 3. The third-order valence-electron chi connectivity index (χ3n) is 21.3. The summed E-state index contributed by atoms with van der Waals surface area (Å²) >= 11 is 6.31. The van der Waals surface area contributed by atoms with Crippen LogP contribution in [0.4, 0.5) is 50.1 Å². The van der Waals surface area contributed by atoms with Gasteiger partial charge in [0.15, 0.2) is 28.4 Å². The van der Waals surface area contributed by atoms with Crippen LogP contribution in [0, 0.1) is 12.3 Å². The Morgan fingerprint density at radius 2 is 1.30 bits per heavy atom. The first-order valence-corrected chi connectivity index (χ1v) is 44.2. The number of likely N-dealkylation sites (tertiary alicyclic amines) is 1. The van der Waals surface area contributed by atoms with Gasteiger partial charge in [0.1, 0.15) is 90.4 Å². The lowest BCUT2D eigenvalue weighted by Gasteiger charge is -2.36. The topological polar surface area (TPSA) is 437 Å². The number of nitrogens with one attached hydrogen (secondary N) is 1. The number of Topliss-reactive ketones (excluding diaryl/α,β-unsaturated/α-hetero) is 2. The molecule has 3 atom stereocenters. The minimum atomic E-state index is -0.390. The average Bonchev–Trinajstić information content (AvgIpc) is 1.65. The van der Waals surface area contributed by atoms with Crippen LogP contribution >= 0.6 is 45.3 Å². The molecule has 2 amide bonds. The molecule has 19 rings (SSSR count). The molecule has 2 fully saturated rings. The molecule has 35 nitrogen and oxygen atoms in total. The lowest BCUT2D eigenvalue weighted by atomic mass is 9.83. The monoisotopic (exact) mass is 1750 g/mol. The second-order valence-electron chi connectivity index (χ2n) is 31.0. The standard InChI is InChI=1S/C20H28N4O3S.C19H16N4OS.C13H15N7O.C13H17N7.C12H11N3S2.C8H9N3O2/c1-20(2)6-8-24(9-7-20)19(25)22-18-21-16-15(26-3)5-4-14(17(16)28-18)23-10-12-27-13-11-23;1-12-22-16-14(15(24)8-7-13-5-3-2-4-6-13)11-21-17(16)18(23-12)19-20-9-10-25-19;1-7(21)3-4-9-17-10-8(2)13(20-15-5-6-16-20)19-11(10)12(14)18-9;1-3-4-5-9-17-10-8(2)13(20-15-6-7-16-20)19-11(10)12(14)18-9;1-7(2)11-14-8-3-5-16-10(8)9(15-11)12-13-4-6-17-12;1-10-6-5(3-4-9-6)7(12)11(2)8(10)13/h4-5H,6-13H2,1-3H3,(H,21,22,25);2-6,9-11,14H,7-8H2,1H3;5-6,8H,3-4H2,1-2H3,(H2,14,17,18);6-8H,3-5H2,1-2H3,(H2,14,17,18);3-7H,1-2H3;4H,3H2,1-2H3. The minimum absolute atomic E-state index is 0.0167. The number of aryl methyl sites for hydroxylation is 4. The van der Waals surface area contributed by atoms with Crippen molar-refractivity contribution >= 4 is 153 Å². The normalized spacial score (nSPS) is 16.1. The molecular weight excluding hydrogens is 1650 g/mol. The number of morpholine rings is 1. The molecule has 3 unspecified atom stereocenters. The highest BCUT2D eigenvalue weighted by molar-refractivity contribution is 7.23. The van der Waals surface area contributed by atoms with Crippen molar-refractivity contribution in [3.8, 4) is 27.2 Å². The number of ether oxygens (including phenoxy) is 2. The first-order valence-electron chi connectivity index (χ1n) is 40.8. The van der Waals surface area contributed by atoms with E-state index < -0.39 is 0 Å². The minimum Gasteiger partial charge on any atom is -0.494 e. The quantitative estimate of drug-likeness (QED) is 0.0808. The van der Waals surface area contributed by atoms with E-state index in [2.05, 4.69) is 151 Å². The van der Waals surface area contributed by atoms with Gasteiger partial charge in [-0.3, -0.25) is 29.0 Å². The van der Waals surface area contributed by atoms with E-state index in [1.54, 1.807) is 87.2 Å². The molecule has 124 heavy (non-hydrogen) atoms. The smallest absolute Gasteiger partial charge is 0.332 e. The van der Waals surface area contributed by atoms with Gasteiger partial charge < -0.3 is 35.5 Å². The largest absolute Gasteiger partial charge is 0.494 e. The summed E-state index contributed by atoms with van der Waals surface area (Å²) in [4.78, 5) is 133. The van der Waals surface area contributed by atoms with E-state index >= 15 is 0 Å². The second kappa shape index (κ2) is 39.2. The number of carbonyl (C=O) groups is 3. The van der Waals surface area contributed by atoms with Crippen LogP contribution in [0.2, 0.25) is 0 Å². The van der Waals surface area contributed by atoms with Crippen LogP contribution in [-0.2, 0) is 54.1 Å². The highest BCUT2D eigenvalue weighted by Gasteiger charge is 2.35. The van der Waals surface area contributed by atoms with Gasteiger partial charge in [-0.1, -0.05) is 82.7 Å². The van der Waals surface area contributed by atoms with Gasteiger partial charge in [0.2, 0.25) is 0 Å². The predicted molar refractivity (Wildman–Crippen MR) is 485 cm³/mol. The Balaban J connectivity index is 0.000000123. The van der Waals surface area contributed by atoms with Crippen LogP contribution in [0.5, 0.6) is 5.75 Å². The number of aliphatic imine (C=N–C) groups is 4. The summed E-state index contributed by atoms with van der Waals surface area (Å²) in [5.41, 5.74) is 22.4. The van der Waals surface area contributed by atoms with Gasteiger partial charge in [-0.25, -0.2) is 79.4 Å². The van der Waals surface area contributed by atoms with Crippen molar-refractivity contribution in [2.75, 3.05) is 68.2 Å². The van der Waals surface area contributed by atoms with E-state index in [0.717, 1.165) is 164 Å². The van der Waals surface area contributed by atoms with Crippen molar-refractivity contribution in [2.24, 2.45) is 39.5 Å². The number of benzene rings is 2. The van der Waals surface area contributed by atoms with Gasteiger partial charge in [0, 0.05) is 114 Å². The van der Waals surface area contributed by atoms with Crippen molar-refractivity contribution < 1.29 is 23.9 Å². The van der Waals surface area contributed by atoms with Crippen molar-refractivity contribution in [3.05, 3.63) is 174 Å². The summed E-state index contributed by atoms with van der Waals surface area (Å²) < 4.78 is 15.6. The number of anilines is 4. The third-order valence-corrected chi connectivity index (χ3v) is 24.7. The molecule has 0 saturated carbocycles. The molecule has 6 aliphatic heterocycles. The number of amides is 2. The summed E-state index contributed by atoms with van der Waals surface area (Å²) in [5, 5.41) is 27.7.